The highest BCUT2D eigenvalue weighted by Gasteiger charge is 2.36. The number of hydrogen-bond donors (Lipinski definition) is 0. The molecular weight excluding hydrogens is 173 g/mol. The molecular formula is C7H9F3O2. The molecule has 0 aliphatic rings. The van der Waals surface area contributed by atoms with Crippen LogP contribution in [-0.2, 0) is 9.53 Å². The van der Waals surface area contributed by atoms with E-state index in [1.165, 1.54) is 0 Å². The van der Waals surface area contributed by atoms with Gasteiger partial charge in [-0.2, -0.15) is 13.2 Å². The molecule has 0 aromatic carbocycles. The predicted octanol–water partition coefficient (Wildman–Crippen LogP) is 2.06. The molecule has 5 heteroatoms. The van der Waals surface area contributed by atoms with Crippen LogP contribution < -0.4 is 0 Å². The summed E-state index contributed by atoms with van der Waals surface area (Å²) in [5, 5.41) is 0. The van der Waals surface area contributed by atoms with E-state index < -0.39 is 12.0 Å². The molecule has 0 aliphatic carbocycles. The number of carbonyl (C=O) groups excluding carboxylic acids is 1. The van der Waals surface area contributed by atoms with Crippen LogP contribution in [0.25, 0.3) is 0 Å². The standard InChI is InChI=1S/C7H9F3O2/c1-5(2)12-4-3-6(11)7(8,9)10/h3-5H,1-2H3. The first-order valence-corrected chi connectivity index (χ1v) is 3.27. The molecule has 0 fully saturated rings. The van der Waals surface area contributed by atoms with Gasteiger partial charge in [-0.3, -0.25) is 4.79 Å². The number of carbonyl (C=O) groups is 1. The van der Waals surface area contributed by atoms with Crippen molar-refractivity contribution in [3.63, 3.8) is 0 Å². The number of rotatable bonds is 3. The lowest BCUT2D eigenvalue weighted by Crippen LogP contribution is -2.20. The average Bonchev–Trinajstić information content (AvgIpc) is 1.84. The van der Waals surface area contributed by atoms with Crippen LogP contribution in [0.4, 0.5) is 13.2 Å². The number of ether oxygens (including phenoxy) is 1. The maximum absolute atomic E-state index is 11.5. The first-order valence-electron chi connectivity index (χ1n) is 3.27. The number of halogens is 3. The zero-order valence-corrected chi connectivity index (χ0v) is 6.68. The Morgan fingerprint density at radius 2 is 1.92 bits per heavy atom. The molecule has 0 saturated carbocycles. The topological polar surface area (TPSA) is 26.3 Å². The summed E-state index contributed by atoms with van der Waals surface area (Å²) in [5.41, 5.74) is 0. The van der Waals surface area contributed by atoms with Crippen molar-refractivity contribution in [3.05, 3.63) is 12.3 Å². The highest BCUT2D eigenvalue weighted by atomic mass is 19.4. The third kappa shape index (κ3) is 4.76. The van der Waals surface area contributed by atoms with E-state index in [4.69, 9.17) is 0 Å². The van der Waals surface area contributed by atoms with Gasteiger partial charge >= 0.3 is 6.18 Å². The molecule has 0 bridgehead atoms. The van der Waals surface area contributed by atoms with E-state index in [1.807, 2.05) is 0 Å². The summed E-state index contributed by atoms with van der Waals surface area (Å²) in [4.78, 5) is 10.2. The summed E-state index contributed by atoms with van der Waals surface area (Å²) in [6, 6.07) is 0. The van der Waals surface area contributed by atoms with Gasteiger partial charge in [0.25, 0.3) is 5.78 Å². The van der Waals surface area contributed by atoms with Gasteiger partial charge in [0.15, 0.2) is 0 Å². The van der Waals surface area contributed by atoms with Crippen molar-refractivity contribution < 1.29 is 22.7 Å². The minimum Gasteiger partial charge on any atom is -0.498 e. The van der Waals surface area contributed by atoms with Crippen LogP contribution in [0.1, 0.15) is 13.8 Å². The molecule has 0 atom stereocenters. The summed E-state index contributed by atoms with van der Waals surface area (Å²) >= 11 is 0. The first kappa shape index (κ1) is 11.0. The minimum atomic E-state index is -4.81. The molecule has 0 aliphatic heterocycles. The third-order valence-corrected chi connectivity index (χ3v) is 0.850. The third-order valence-electron chi connectivity index (χ3n) is 0.850. The number of allylic oxidation sites excluding steroid dienone is 1. The van der Waals surface area contributed by atoms with E-state index in [0.717, 1.165) is 6.26 Å². The van der Waals surface area contributed by atoms with Crippen molar-refractivity contribution >= 4 is 5.78 Å². The molecule has 0 rings (SSSR count). The SMILES string of the molecule is CC(C)OC=CC(=O)C(F)(F)F. The van der Waals surface area contributed by atoms with E-state index in [0.29, 0.717) is 6.08 Å². The van der Waals surface area contributed by atoms with Gasteiger partial charge in [0.1, 0.15) is 0 Å². The Kier molecular flexibility index (Phi) is 3.79. The Bertz CT molecular complexity index is 182. The summed E-state index contributed by atoms with van der Waals surface area (Å²) in [5.74, 6) is -1.91. The normalized spacial score (nSPS) is 12.5. The molecule has 0 unspecified atom stereocenters. The summed E-state index contributed by atoms with van der Waals surface area (Å²) in [6.07, 6.45) is -3.93. The fraction of sp³-hybridized carbons (Fsp3) is 0.571. The van der Waals surface area contributed by atoms with E-state index in [1.54, 1.807) is 13.8 Å². The van der Waals surface area contributed by atoms with E-state index >= 15 is 0 Å². The molecule has 0 radical (unpaired) electrons. The molecule has 0 amide bonds. The van der Waals surface area contributed by atoms with Crippen LogP contribution in [0.3, 0.4) is 0 Å². The minimum absolute atomic E-state index is 0.234. The van der Waals surface area contributed by atoms with Crippen LogP contribution in [0, 0.1) is 0 Å². The summed E-state index contributed by atoms with van der Waals surface area (Å²) in [6.45, 7) is 3.28. The van der Waals surface area contributed by atoms with Crippen LogP contribution in [0.2, 0.25) is 0 Å². The van der Waals surface area contributed by atoms with Crippen molar-refractivity contribution in [3.8, 4) is 0 Å². The highest BCUT2D eigenvalue weighted by Crippen LogP contribution is 2.16. The van der Waals surface area contributed by atoms with Crippen LogP contribution in [-0.4, -0.2) is 18.1 Å². The van der Waals surface area contributed by atoms with Crippen molar-refractivity contribution in [1.29, 1.82) is 0 Å². The Labute approximate surface area is 68.0 Å². The van der Waals surface area contributed by atoms with Gasteiger partial charge in [0.05, 0.1) is 12.4 Å². The van der Waals surface area contributed by atoms with Crippen molar-refractivity contribution in [2.45, 2.75) is 26.1 Å². The zero-order valence-electron chi connectivity index (χ0n) is 6.68. The van der Waals surface area contributed by atoms with Gasteiger partial charge in [0, 0.05) is 6.08 Å². The van der Waals surface area contributed by atoms with E-state index in [-0.39, 0.29) is 6.10 Å². The largest absolute Gasteiger partial charge is 0.498 e. The van der Waals surface area contributed by atoms with Crippen LogP contribution in [0.5, 0.6) is 0 Å². The average molecular weight is 182 g/mol. The number of hydrogen-bond acceptors (Lipinski definition) is 2. The second-order valence-electron chi connectivity index (χ2n) is 2.35. The molecule has 0 aromatic rings. The first-order chi connectivity index (χ1) is 5.34. The molecule has 0 N–H and O–H groups in total. The molecule has 0 spiro atoms. The summed E-state index contributed by atoms with van der Waals surface area (Å²) < 4.78 is 39.2. The lowest BCUT2D eigenvalue weighted by Gasteiger charge is -2.03. The molecule has 2 nitrogen and oxygen atoms in total. The van der Waals surface area contributed by atoms with Gasteiger partial charge in [-0.15, -0.1) is 0 Å². The Morgan fingerprint density at radius 3 is 2.25 bits per heavy atom. The zero-order chi connectivity index (χ0) is 9.78. The molecule has 0 saturated heterocycles. The predicted molar refractivity (Wildman–Crippen MR) is 36.4 cm³/mol. The van der Waals surface area contributed by atoms with Crippen molar-refractivity contribution in [2.24, 2.45) is 0 Å². The Hall–Kier alpha value is -1.00. The Morgan fingerprint density at radius 1 is 1.42 bits per heavy atom. The summed E-state index contributed by atoms with van der Waals surface area (Å²) in [7, 11) is 0. The maximum atomic E-state index is 11.5. The number of alkyl halides is 3. The highest BCUT2D eigenvalue weighted by molar-refractivity contribution is 5.94. The molecule has 0 aromatic heterocycles. The number of ketones is 1. The Balaban J connectivity index is 3.93. The van der Waals surface area contributed by atoms with Gasteiger partial charge in [-0.25, -0.2) is 0 Å². The fourth-order valence-electron chi connectivity index (χ4n) is 0.353. The molecule has 12 heavy (non-hydrogen) atoms. The van der Waals surface area contributed by atoms with Crippen molar-refractivity contribution in [2.75, 3.05) is 0 Å². The second-order valence-corrected chi connectivity index (χ2v) is 2.35. The lowest BCUT2D eigenvalue weighted by molar-refractivity contribution is -0.165. The van der Waals surface area contributed by atoms with Gasteiger partial charge in [-0.1, -0.05) is 0 Å². The van der Waals surface area contributed by atoms with Gasteiger partial charge in [0.2, 0.25) is 0 Å². The fourth-order valence-corrected chi connectivity index (χ4v) is 0.353. The molecule has 70 valence electrons. The van der Waals surface area contributed by atoms with E-state index in [2.05, 4.69) is 4.74 Å². The second kappa shape index (κ2) is 4.13. The smallest absolute Gasteiger partial charge is 0.454 e. The van der Waals surface area contributed by atoms with Gasteiger partial charge in [-0.05, 0) is 13.8 Å². The quantitative estimate of drug-likeness (QED) is 0.493. The van der Waals surface area contributed by atoms with Crippen LogP contribution in [0.15, 0.2) is 12.3 Å². The van der Waals surface area contributed by atoms with E-state index in [9.17, 15) is 18.0 Å². The van der Waals surface area contributed by atoms with Gasteiger partial charge < -0.3 is 4.74 Å². The monoisotopic (exact) mass is 182 g/mol. The lowest BCUT2D eigenvalue weighted by atomic mass is 10.4. The van der Waals surface area contributed by atoms with Crippen LogP contribution >= 0.6 is 0 Å². The van der Waals surface area contributed by atoms with Crippen molar-refractivity contribution in [1.82, 2.24) is 0 Å². The maximum Gasteiger partial charge on any atom is 0.454 e. The molecule has 0 heterocycles.